The van der Waals surface area contributed by atoms with Crippen LogP contribution in [-0.4, -0.2) is 13.1 Å². The number of hydrogen-bond donors (Lipinski definition) is 0. The molecule has 0 saturated heterocycles. The number of benzene rings is 4. The predicted molar refractivity (Wildman–Crippen MR) is 130 cm³/mol. The summed E-state index contributed by atoms with van der Waals surface area (Å²) >= 11 is 0. The van der Waals surface area contributed by atoms with Crippen molar-refractivity contribution in [2.75, 3.05) is 7.11 Å². The van der Waals surface area contributed by atoms with Gasteiger partial charge in [-0.2, -0.15) is 0 Å². The molecule has 0 saturated carbocycles. The van der Waals surface area contributed by atoms with Crippen LogP contribution < -0.4 is 0 Å². The van der Waals surface area contributed by atoms with Crippen molar-refractivity contribution in [1.82, 2.24) is 0 Å². The second-order valence-electron chi connectivity index (χ2n) is 9.26. The van der Waals surface area contributed by atoms with E-state index in [4.69, 9.17) is 4.74 Å². The van der Waals surface area contributed by atoms with Crippen LogP contribution >= 0.6 is 0 Å². The third-order valence-corrected chi connectivity index (χ3v) is 7.95. The molecule has 1 unspecified atom stereocenters. The number of rotatable bonds is 4. The number of ether oxygens (including phenoxy) is 1. The highest BCUT2D eigenvalue weighted by Gasteiger charge is 2.61. The fourth-order valence-electron chi connectivity index (χ4n) is 6.71. The van der Waals surface area contributed by atoms with Gasteiger partial charge in [-0.15, -0.1) is 0 Å². The summed E-state index contributed by atoms with van der Waals surface area (Å²) < 4.78 is 5.34. The maximum absolute atomic E-state index is 13.2. The van der Waals surface area contributed by atoms with Gasteiger partial charge < -0.3 is 4.74 Å². The molecule has 33 heavy (non-hydrogen) atoms. The van der Waals surface area contributed by atoms with Crippen molar-refractivity contribution in [3.8, 4) is 0 Å². The molecule has 0 N–H and O–H groups in total. The summed E-state index contributed by atoms with van der Waals surface area (Å²) in [6.45, 7) is 2.02. The molecule has 3 aliphatic carbocycles. The zero-order valence-corrected chi connectivity index (χ0v) is 18.9. The molecule has 0 aromatic heterocycles. The monoisotopic (exact) mass is 430 g/mol. The number of carbonyl (C=O) groups is 1. The minimum atomic E-state index is -0.588. The molecule has 0 fully saturated rings. The van der Waals surface area contributed by atoms with Crippen LogP contribution in [0.4, 0.5) is 0 Å². The molecular formula is C31H26O2. The van der Waals surface area contributed by atoms with Crippen LogP contribution in [0.3, 0.4) is 0 Å². The van der Waals surface area contributed by atoms with Crippen molar-refractivity contribution in [1.29, 1.82) is 0 Å². The smallest absolute Gasteiger partial charge is 0.309 e. The van der Waals surface area contributed by atoms with Crippen molar-refractivity contribution < 1.29 is 9.53 Å². The van der Waals surface area contributed by atoms with E-state index in [-0.39, 0.29) is 17.3 Å². The molecule has 0 radical (unpaired) electrons. The average Bonchev–Trinajstić information content (AvgIpc) is 2.89. The van der Waals surface area contributed by atoms with Gasteiger partial charge in [-0.05, 0) is 45.4 Å². The van der Waals surface area contributed by atoms with Crippen molar-refractivity contribution in [2.45, 2.75) is 24.2 Å². The minimum absolute atomic E-state index is 0.188. The fourth-order valence-corrected chi connectivity index (χ4v) is 6.71. The summed E-state index contributed by atoms with van der Waals surface area (Å²) in [6, 6.07) is 36.9. The Morgan fingerprint density at radius 2 is 1.06 bits per heavy atom. The lowest BCUT2D eigenvalue weighted by Gasteiger charge is -2.58. The summed E-state index contributed by atoms with van der Waals surface area (Å²) in [4.78, 5) is 13.2. The van der Waals surface area contributed by atoms with Crippen LogP contribution in [0.25, 0.3) is 0 Å². The Bertz CT molecular complexity index is 1250. The Morgan fingerprint density at radius 3 is 1.48 bits per heavy atom. The van der Waals surface area contributed by atoms with Crippen LogP contribution in [0, 0.1) is 5.92 Å². The maximum Gasteiger partial charge on any atom is 0.309 e. The van der Waals surface area contributed by atoms with Crippen LogP contribution in [0.15, 0.2) is 103 Å². The topological polar surface area (TPSA) is 26.3 Å². The Kier molecular flexibility index (Phi) is 4.35. The molecule has 2 bridgehead atoms. The normalized spacial score (nSPS) is 22.6. The van der Waals surface area contributed by atoms with Gasteiger partial charge in [-0.3, -0.25) is 4.79 Å². The summed E-state index contributed by atoms with van der Waals surface area (Å²) in [6.07, 6.45) is 0.863. The highest BCUT2D eigenvalue weighted by Crippen LogP contribution is 2.65. The average molecular weight is 431 g/mol. The van der Waals surface area contributed by atoms with E-state index in [1.807, 2.05) is 6.92 Å². The second kappa shape index (κ2) is 7.18. The van der Waals surface area contributed by atoms with E-state index in [1.54, 1.807) is 0 Å². The Labute approximate surface area is 194 Å². The highest BCUT2D eigenvalue weighted by molar-refractivity contribution is 5.84. The SMILES string of the molecule is COC(=O)C(C)C12c3ccccc3C(Cc3ccccc3)(c3ccccc31)c1ccccc12. The summed E-state index contributed by atoms with van der Waals surface area (Å²) in [5.41, 5.74) is 7.93. The van der Waals surface area contributed by atoms with Gasteiger partial charge in [0, 0.05) is 0 Å². The standard InChI is InChI=1S/C31H26O2/c1-21(29(32)33-2)31-26-17-9-6-14-23(26)30(20-22-12-4-3-5-13-22,24-15-7-10-18-27(24)31)25-16-8-11-19-28(25)31/h3-19,21H,20H2,1-2H3. The van der Waals surface area contributed by atoms with Gasteiger partial charge in [0.25, 0.3) is 0 Å². The lowest BCUT2D eigenvalue weighted by atomic mass is 9.43. The first-order valence-electron chi connectivity index (χ1n) is 11.6. The quantitative estimate of drug-likeness (QED) is 0.369. The van der Waals surface area contributed by atoms with Gasteiger partial charge in [0.15, 0.2) is 0 Å². The molecule has 0 aliphatic heterocycles. The molecule has 2 nitrogen and oxygen atoms in total. The molecule has 0 amide bonds. The van der Waals surface area contributed by atoms with Gasteiger partial charge in [0.05, 0.1) is 23.9 Å². The molecule has 0 heterocycles. The summed E-state index contributed by atoms with van der Waals surface area (Å²) in [5.74, 6) is -0.562. The van der Waals surface area contributed by atoms with E-state index in [0.717, 1.165) is 6.42 Å². The van der Waals surface area contributed by atoms with Gasteiger partial charge in [-0.25, -0.2) is 0 Å². The van der Waals surface area contributed by atoms with Crippen LogP contribution in [0.1, 0.15) is 45.9 Å². The third-order valence-electron chi connectivity index (χ3n) is 7.95. The number of esters is 1. The van der Waals surface area contributed by atoms with Crippen LogP contribution in [0.5, 0.6) is 0 Å². The first kappa shape index (κ1) is 20.0. The molecule has 7 rings (SSSR count). The van der Waals surface area contributed by atoms with Crippen LogP contribution in [0.2, 0.25) is 0 Å². The zero-order chi connectivity index (χ0) is 22.6. The van der Waals surface area contributed by atoms with Gasteiger partial charge in [0.1, 0.15) is 0 Å². The molecule has 1 atom stereocenters. The van der Waals surface area contributed by atoms with E-state index in [2.05, 4.69) is 103 Å². The lowest BCUT2D eigenvalue weighted by molar-refractivity contribution is -0.146. The molecule has 162 valence electrons. The molecule has 4 aromatic carbocycles. The molecule has 4 aromatic rings. The largest absolute Gasteiger partial charge is 0.469 e. The van der Waals surface area contributed by atoms with Crippen molar-refractivity contribution in [2.24, 2.45) is 5.92 Å². The van der Waals surface area contributed by atoms with E-state index >= 15 is 0 Å². The molecule has 0 spiro atoms. The maximum atomic E-state index is 13.2. The summed E-state index contributed by atoms with van der Waals surface area (Å²) in [5, 5.41) is 0. The number of methoxy groups -OCH3 is 1. The minimum Gasteiger partial charge on any atom is -0.469 e. The van der Waals surface area contributed by atoms with Crippen LogP contribution in [-0.2, 0) is 26.8 Å². The zero-order valence-electron chi connectivity index (χ0n) is 18.9. The number of hydrogen-bond acceptors (Lipinski definition) is 2. The number of carbonyl (C=O) groups excluding carboxylic acids is 1. The Balaban J connectivity index is 1.78. The van der Waals surface area contributed by atoms with Crippen molar-refractivity contribution in [3.63, 3.8) is 0 Å². The van der Waals surface area contributed by atoms with Gasteiger partial charge >= 0.3 is 5.97 Å². The van der Waals surface area contributed by atoms with E-state index in [9.17, 15) is 4.79 Å². The van der Waals surface area contributed by atoms with Gasteiger partial charge in [-0.1, -0.05) is 110 Å². The Morgan fingerprint density at radius 1 is 0.667 bits per heavy atom. The van der Waals surface area contributed by atoms with E-state index in [0.29, 0.717) is 0 Å². The van der Waals surface area contributed by atoms with E-state index in [1.165, 1.54) is 46.1 Å². The summed E-state index contributed by atoms with van der Waals surface area (Å²) in [7, 11) is 1.49. The lowest BCUT2D eigenvalue weighted by Crippen LogP contribution is -2.55. The molecular weight excluding hydrogens is 404 g/mol. The first-order valence-corrected chi connectivity index (χ1v) is 11.6. The van der Waals surface area contributed by atoms with Gasteiger partial charge in [0.2, 0.25) is 0 Å². The second-order valence-corrected chi connectivity index (χ2v) is 9.26. The fraction of sp³-hybridized carbons (Fsp3) is 0.194. The Hall–Kier alpha value is -3.65. The first-order chi connectivity index (χ1) is 16.2. The van der Waals surface area contributed by atoms with Crippen molar-refractivity contribution in [3.05, 3.63) is 142 Å². The predicted octanol–water partition coefficient (Wildman–Crippen LogP) is 6.03. The van der Waals surface area contributed by atoms with Crippen molar-refractivity contribution >= 4 is 5.97 Å². The third kappa shape index (κ3) is 2.41. The molecule has 2 heteroatoms. The highest BCUT2D eigenvalue weighted by atomic mass is 16.5. The molecule has 3 aliphatic rings. The van der Waals surface area contributed by atoms with E-state index < -0.39 is 5.41 Å².